The summed E-state index contributed by atoms with van der Waals surface area (Å²) in [6.45, 7) is 1.56. The van der Waals surface area contributed by atoms with E-state index in [1.54, 1.807) is 13.0 Å². The summed E-state index contributed by atoms with van der Waals surface area (Å²) in [7, 11) is 2.84. The van der Waals surface area contributed by atoms with Crippen molar-refractivity contribution in [2.45, 2.75) is 13.0 Å². The second kappa shape index (κ2) is 6.00. The van der Waals surface area contributed by atoms with Crippen LogP contribution in [0.25, 0.3) is 11.2 Å². The predicted octanol–water partition coefficient (Wildman–Crippen LogP) is 0.772. The van der Waals surface area contributed by atoms with Gasteiger partial charge in [0, 0.05) is 14.1 Å². The molecule has 9 heteroatoms. The summed E-state index contributed by atoms with van der Waals surface area (Å²) in [5.41, 5.74) is -0.712. The van der Waals surface area contributed by atoms with Crippen LogP contribution in [0, 0.1) is 5.82 Å². The zero-order chi connectivity index (χ0) is 18.3. The fourth-order valence-electron chi connectivity index (χ4n) is 2.58. The highest BCUT2D eigenvalue weighted by molar-refractivity contribution is 5.94. The molecular weight excluding hydrogens is 329 g/mol. The number of benzene rings is 1. The highest BCUT2D eigenvalue weighted by Crippen LogP contribution is 2.17. The Morgan fingerprint density at radius 2 is 1.88 bits per heavy atom. The molecular formula is C16H16FN5O3. The van der Waals surface area contributed by atoms with Gasteiger partial charge in [0.25, 0.3) is 5.56 Å². The van der Waals surface area contributed by atoms with Gasteiger partial charge in [-0.25, -0.2) is 14.2 Å². The minimum absolute atomic E-state index is 0.0454. The molecule has 0 unspecified atom stereocenters. The van der Waals surface area contributed by atoms with Crippen molar-refractivity contribution in [3.63, 3.8) is 0 Å². The Labute approximate surface area is 141 Å². The van der Waals surface area contributed by atoms with Gasteiger partial charge in [0.15, 0.2) is 11.2 Å². The van der Waals surface area contributed by atoms with E-state index in [1.807, 2.05) is 0 Å². The van der Waals surface area contributed by atoms with Gasteiger partial charge in [-0.05, 0) is 19.1 Å². The van der Waals surface area contributed by atoms with Crippen LogP contribution in [0.5, 0.6) is 0 Å². The van der Waals surface area contributed by atoms with Crippen LogP contribution < -0.4 is 16.6 Å². The van der Waals surface area contributed by atoms with Gasteiger partial charge in [-0.1, -0.05) is 12.1 Å². The molecule has 0 saturated heterocycles. The maximum Gasteiger partial charge on any atom is 0.332 e. The fraction of sp³-hybridized carbons (Fsp3) is 0.250. The third-order valence-electron chi connectivity index (χ3n) is 4.10. The molecule has 0 radical (unpaired) electrons. The monoisotopic (exact) mass is 345 g/mol. The highest BCUT2D eigenvalue weighted by atomic mass is 19.1. The van der Waals surface area contributed by atoms with Crippen LogP contribution in [0.2, 0.25) is 0 Å². The number of hydrogen-bond donors (Lipinski definition) is 1. The standard InChI is InChI=1S/C16H16FN5O3/c1-9(14(23)19-11-7-5-4-6-10(11)17)22-8-18-13-12(22)15(24)21(3)16(25)20(13)2/h4-9H,1-3H3,(H,19,23)/t9-/m0/s1. The molecule has 130 valence electrons. The molecule has 0 saturated carbocycles. The number of rotatable bonds is 3. The van der Waals surface area contributed by atoms with E-state index in [0.29, 0.717) is 0 Å². The van der Waals surface area contributed by atoms with E-state index in [2.05, 4.69) is 10.3 Å². The van der Waals surface area contributed by atoms with Gasteiger partial charge < -0.3 is 9.88 Å². The second-order valence-corrected chi connectivity index (χ2v) is 5.67. The molecule has 25 heavy (non-hydrogen) atoms. The predicted molar refractivity (Wildman–Crippen MR) is 90.0 cm³/mol. The Morgan fingerprint density at radius 3 is 2.56 bits per heavy atom. The molecule has 0 bridgehead atoms. The summed E-state index contributed by atoms with van der Waals surface area (Å²) in [4.78, 5) is 40.9. The Balaban J connectivity index is 2.05. The lowest BCUT2D eigenvalue weighted by Gasteiger charge is -2.15. The lowest BCUT2D eigenvalue weighted by Crippen LogP contribution is -2.38. The Bertz CT molecular complexity index is 1100. The van der Waals surface area contributed by atoms with Crippen molar-refractivity contribution in [1.29, 1.82) is 0 Å². The van der Waals surface area contributed by atoms with Crippen molar-refractivity contribution in [1.82, 2.24) is 18.7 Å². The van der Waals surface area contributed by atoms with E-state index in [9.17, 15) is 18.8 Å². The molecule has 0 aliphatic rings. The van der Waals surface area contributed by atoms with Crippen molar-refractivity contribution in [2.75, 3.05) is 5.32 Å². The van der Waals surface area contributed by atoms with Crippen molar-refractivity contribution in [3.8, 4) is 0 Å². The van der Waals surface area contributed by atoms with Crippen LogP contribution in [0.4, 0.5) is 10.1 Å². The summed E-state index contributed by atoms with van der Waals surface area (Å²) < 4.78 is 17.2. The normalized spacial score (nSPS) is 12.3. The molecule has 1 amide bonds. The zero-order valence-electron chi connectivity index (χ0n) is 13.9. The number of para-hydroxylation sites is 1. The number of anilines is 1. The van der Waals surface area contributed by atoms with Crippen molar-refractivity contribution in [2.24, 2.45) is 14.1 Å². The van der Waals surface area contributed by atoms with Gasteiger partial charge in [0.05, 0.1) is 12.0 Å². The van der Waals surface area contributed by atoms with Crippen LogP contribution in [-0.4, -0.2) is 24.6 Å². The molecule has 3 aromatic rings. The number of aryl methyl sites for hydroxylation is 1. The zero-order valence-corrected chi connectivity index (χ0v) is 13.9. The number of halogens is 1. The minimum atomic E-state index is -0.838. The van der Waals surface area contributed by atoms with Crippen LogP contribution >= 0.6 is 0 Å². The van der Waals surface area contributed by atoms with E-state index in [1.165, 1.54) is 47.8 Å². The topological polar surface area (TPSA) is 90.9 Å². The number of imidazole rings is 1. The second-order valence-electron chi connectivity index (χ2n) is 5.67. The largest absolute Gasteiger partial charge is 0.332 e. The minimum Gasteiger partial charge on any atom is -0.322 e. The smallest absolute Gasteiger partial charge is 0.322 e. The molecule has 0 aliphatic heterocycles. The summed E-state index contributed by atoms with van der Waals surface area (Å²) in [5.74, 6) is -1.07. The van der Waals surface area contributed by atoms with E-state index in [4.69, 9.17) is 0 Å². The van der Waals surface area contributed by atoms with E-state index in [0.717, 1.165) is 4.57 Å². The number of carbonyl (C=O) groups excluding carboxylic acids is 1. The SMILES string of the molecule is C[C@@H](C(=O)Nc1ccccc1F)n1cnc2c1c(=O)n(C)c(=O)n2C. The summed E-state index contributed by atoms with van der Waals surface area (Å²) in [6.07, 6.45) is 1.32. The lowest BCUT2D eigenvalue weighted by atomic mass is 10.2. The molecule has 2 heterocycles. The Hall–Kier alpha value is -3.23. The van der Waals surface area contributed by atoms with E-state index < -0.39 is 29.0 Å². The quantitative estimate of drug-likeness (QED) is 0.759. The Kier molecular flexibility index (Phi) is 3.99. The maximum absolute atomic E-state index is 13.7. The number of carbonyl (C=O) groups is 1. The number of fused-ring (bicyclic) bond motifs is 1. The fourth-order valence-corrected chi connectivity index (χ4v) is 2.58. The summed E-state index contributed by atoms with van der Waals surface area (Å²) in [5, 5.41) is 2.48. The number of hydrogen-bond acceptors (Lipinski definition) is 4. The molecule has 1 N–H and O–H groups in total. The number of aromatic nitrogens is 4. The first-order chi connectivity index (χ1) is 11.8. The third kappa shape index (κ3) is 2.63. The average Bonchev–Trinajstić information content (AvgIpc) is 3.04. The maximum atomic E-state index is 13.7. The van der Waals surface area contributed by atoms with Crippen LogP contribution in [0.1, 0.15) is 13.0 Å². The first-order valence-electron chi connectivity index (χ1n) is 7.51. The lowest BCUT2D eigenvalue weighted by molar-refractivity contribution is -0.118. The first-order valence-corrected chi connectivity index (χ1v) is 7.51. The van der Waals surface area contributed by atoms with Crippen molar-refractivity contribution < 1.29 is 9.18 Å². The van der Waals surface area contributed by atoms with Gasteiger partial charge in [0.1, 0.15) is 11.9 Å². The number of nitrogens with one attached hydrogen (secondary N) is 1. The van der Waals surface area contributed by atoms with Crippen LogP contribution in [0.15, 0.2) is 40.2 Å². The average molecular weight is 345 g/mol. The van der Waals surface area contributed by atoms with Gasteiger partial charge in [-0.15, -0.1) is 0 Å². The molecule has 0 fully saturated rings. The van der Waals surface area contributed by atoms with Gasteiger partial charge in [0.2, 0.25) is 5.91 Å². The first kappa shape index (κ1) is 16.6. The van der Waals surface area contributed by atoms with Crippen LogP contribution in [-0.2, 0) is 18.9 Å². The molecule has 2 aromatic heterocycles. The third-order valence-corrected chi connectivity index (χ3v) is 4.10. The van der Waals surface area contributed by atoms with E-state index >= 15 is 0 Å². The van der Waals surface area contributed by atoms with Gasteiger partial charge >= 0.3 is 5.69 Å². The molecule has 1 atom stereocenters. The van der Waals surface area contributed by atoms with Crippen molar-refractivity contribution in [3.05, 3.63) is 57.2 Å². The number of nitrogens with zero attached hydrogens (tertiary/aromatic N) is 4. The van der Waals surface area contributed by atoms with Crippen molar-refractivity contribution >= 4 is 22.8 Å². The summed E-state index contributed by atoms with van der Waals surface area (Å²) >= 11 is 0. The van der Waals surface area contributed by atoms with Gasteiger partial charge in [-0.2, -0.15) is 0 Å². The van der Waals surface area contributed by atoms with Gasteiger partial charge in [-0.3, -0.25) is 18.7 Å². The molecule has 1 aromatic carbocycles. The molecule has 8 nitrogen and oxygen atoms in total. The molecule has 0 aliphatic carbocycles. The van der Waals surface area contributed by atoms with E-state index in [-0.39, 0.29) is 16.9 Å². The molecule has 3 rings (SSSR count). The Morgan fingerprint density at radius 1 is 1.20 bits per heavy atom. The molecule has 0 spiro atoms. The highest BCUT2D eigenvalue weighted by Gasteiger charge is 2.22. The number of amides is 1. The summed E-state index contributed by atoms with van der Waals surface area (Å²) in [6, 6.07) is 4.95. The van der Waals surface area contributed by atoms with Crippen LogP contribution in [0.3, 0.4) is 0 Å².